The van der Waals surface area contributed by atoms with Crippen LogP contribution in [0.15, 0.2) is 42.5 Å². The maximum atomic E-state index is 11.0. The first kappa shape index (κ1) is 19.5. The minimum Gasteiger partial charge on any atom is -0.497 e. The standard InChI is InChI=1S/C20H23Cl2NO3/c1-26-16-5-3-15(4-6-16)20(25)8-10-23(11-9-20)13-19(24)14-2-7-17(21)18(22)12-14/h2-7,12,19,24-25H,8-11,13H2,1H3. The van der Waals surface area contributed by atoms with Crippen molar-refractivity contribution < 1.29 is 14.9 Å². The average molecular weight is 396 g/mol. The molecule has 1 aliphatic rings. The molecule has 0 amide bonds. The Morgan fingerprint density at radius 1 is 1.08 bits per heavy atom. The maximum absolute atomic E-state index is 11.0. The molecule has 0 aromatic heterocycles. The summed E-state index contributed by atoms with van der Waals surface area (Å²) in [5, 5.41) is 22.4. The predicted octanol–water partition coefficient (Wildman–Crippen LogP) is 4.02. The number of aliphatic hydroxyl groups is 2. The van der Waals surface area contributed by atoms with Gasteiger partial charge in [0.05, 0.1) is 28.9 Å². The monoisotopic (exact) mass is 395 g/mol. The van der Waals surface area contributed by atoms with Crippen LogP contribution >= 0.6 is 23.2 Å². The molecule has 1 atom stereocenters. The number of benzene rings is 2. The largest absolute Gasteiger partial charge is 0.497 e. The molecule has 1 saturated heterocycles. The fraction of sp³-hybridized carbons (Fsp3) is 0.400. The summed E-state index contributed by atoms with van der Waals surface area (Å²) in [6.07, 6.45) is 0.595. The Bertz CT molecular complexity index is 743. The van der Waals surface area contributed by atoms with Crippen LogP contribution in [0.3, 0.4) is 0 Å². The molecule has 2 aromatic rings. The van der Waals surface area contributed by atoms with Gasteiger partial charge in [0.25, 0.3) is 0 Å². The van der Waals surface area contributed by atoms with E-state index in [0.717, 1.165) is 16.9 Å². The summed E-state index contributed by atoms with van der Waals surface area (Å²) >= 11 is 12.0. The topological polar surface area (TPSA) is 52.9 Å². The molecule has 26 heavy (non-hydrogen) atoms. The van der Waals surface area contributed by atoms with Gasteiger partial charge >= 0.3 is 0 Å². The molecular formula is C20H23Cl2NO3. The number of nitrogens with zero attached hydrogens (tertiary/aromatic N) is 1. The first-order chi connectivity index (χ1) is 12.4. The maximum Gasteiger partial charge on any atom is 0.118 e. The number of aliphatic hydroxyl groups excluding tert-OH is 1. The first-order valence-corrected chi connectivity index (χ1v) is 9.39. The summed E-state index contributed by atoms with van der Waals surface area (Å²) in [6.45, 7) is 1.92. The van der Waals surface area contributed by atoms with Gasteiger partial charge in [-0.25, -0.2) is 0 Å². The lowest BCUT2D eigenvalue weighted by Crippen LogP contribution is -2.43. The summed E-state index contributed by atoms with van der Waals surface area (Å²) in [5.74, 6) is 0.777. The van der Waals surface area contributed by atoms with Crippen LogP contribution in [0.25, 0.3) is 0 Å². The molecule has 2 N–H and O–H groups in total. The molecule has 1 fully saturated rings. The molecule has 3 rings (SSSR count). The summed E-state index contributed by atoms with van der Waals surface area (Å²) in [7, 11) is 1.63. The number of rotatable bonds is 5. The van der Waals surface area contributed by atoms with Gasteiger partial charge < -0.3 is 19.8 Å². The Morgan fingerprint density at radius 3 is 2.31 bits per heavy atom. The lowest BCUT2D eigenvalue weighted by atomic mass is 9.84. The first-order valence-electron chi connectivity index (χ1n) is 8.63. The van der Waals surface area contributed by atoms with Gasteiger partial charge in [0, 0.05) is 19.6 Å². The van der Waals surface area contributed by atoms with Crippen LogP contribution in [0.1, 0.15) is 30.1 Å². The highest BCUT2D eigenvalue weighted by atomic mass is 35.5. The molecule has 140 valence electrons. The predicted molar refractivity (Wildman–Crippen MR) is 104 cm³/mol. The second-order valence-electron chi connectivity index (χ2n) is 6.75. The molecule has 0 saturated carbocycles. The molecule has 4 nitrogen and oxygen atoms in total. The van der Waals surface area contributed by atoms with E-state index < -0.39 is 11.7 Å². The number of ether oxygens (including phenoxy) is 1. The molecule has 0 bridgehead atoms. The van der Waals surface area contributed by atoms with E-state index in [1.165, 1.54) is 0 Å². The molecule has 2 aromatic carbocycles. The zero-order valence-corrected chi connectivity index (χ0v) is 16.2. The van der Waals surface area contributed by atoms with Gasteiger partial charge in [-0.2, -0.15) is 0 Å². The number of likely N-dealkylation sites (tertiary alicyclic amines) is 1. The number of hydrogen-bond acceptors (Lipinski definition) is 4. The van der Waals surface area contributed by atoms with Gasteiger partial charge in [0.15, 0.2) is 0 Å². The van der Waals surface area contributed by atoms with Crippen molar-refractivity contribution in [2.75, 3.05) is 26.7 Å². The molecule has 0 radical (unpaired) electrons. The third kappa shape index (κ3) is 4.33. The van der Waals surface area contributed by atoms with Gasteiger partial charge in [0.1, 0.15) is 5.75 Å². The minimum atomic E-state index is -0.836. The van der Waals surface area contributed by atoms with E-state index in [2.05, 4.69) is 4.90 Å². The van der Waals surface area contributed by atoms with Gasteiger partial charge in [-0.15, -0.1) is 0 Å². The van der Waals surface area contributed by atoms with Crippen molar-refractivity contribution in [3.63, 3.8) is 0 Å². The summed E-state index contributed by atoms with van der Waals surface area (Å²) in [6, 6.07) is 12.8. The SMILES string of the molecule is COc1ccc(C2(O)CCN(CC(O)c3ccc(Cl)c(Cl)c3)CC2)cc1. The van der Waals surface area contributed by atoms with Crippen molar-refractivity contribution in [1.29, 1.82) is 0 Å². The Labute approximate surface area is 163 Å². The number of hydrogen-bond donors (Lipinski definition) is 2. The van der Waals surface area contributed by atoms with Crippen molar-refractivity contribution in [3.8, 4) is 5.75 Å². The average Bonchev–Trinajstić information content (AvgIpc) is 2.66. The quantitative estimate of drug-likeness (QED) is 0.802. The number of halogens is 2. The zero-order valence-electron chi connectivity index (χ0n) is 14.7. The normalized spacial score (nSPS) is 18.5. The number of methoxy groups -OCH3 is 1. The van der Waals surface area contributed by atoms with Crippen LogP contribution in [-0.2, 0) is 5.60 Å². The second-order valence-corrected chi connectivity index (χ2v) is 7.56. The van der Waals surface area contributed by atoms with E-state index >= 15 is 0 Å². The molecule has 6 heteroatoms. The molecule has 1 heterocycles. The van der Waals surface area contributed by atoms with E-state index in [1.807, 2.05) is 24.3 Å². The summed E-state index contributed by atoms with van der Waals surface area (Å²) < 4.78 is 5.17. The lowest BCUT2D eigenvalue weighted by molar-refractivity contribution is -0.0345. The summed E-state index contributed by atoms with van der Waals surface area (Å²) in [5.41, 5.74) is 0.815. The molecule has 1 unspecified atom stereocenters. The van der Waals surface area contributed by atoms with Crippen LogP contribution < -0.4 is 4.74 Å². The van der Waals surface area contributed by atoms with Crippen LogP contribution in [-0.4, -0.2) is 41.9 Å². The van der Waals surface area contributed by atoms with Crippen molar-refractivity contribution in [1.82, 2.24) is 4.90 Å². The number of piperidine rings is 1. The van der Waals surface area contributed by atoms with Gasteiger partial charge in [0.2, 0.25) is 0 Å². The number of β-amino-alcohol motifs (C(OH)–C–C–N with tert-alkyl or cyclic N) is 1. The van der Waals surface area contributed by atoms with E-state index in [-0.39, 0.29) is 0 Å². The van der Waals surface area contributed by atoms with E-state index in [0.29, 0.717) is 42.5 Å². The van der Waals surface area contributed by atoms with Gasteiger partial charge in [-0.05, 0) is 48.2 Å². The third-order valence-corrected chi connectivity index (χ3v) is 5.81. The van der Waals surface area contributed by atoms with E-state index in [1.54, 1.807) is 25.3 Å². The van der Waals surface area contributed by atoms with E-state index in [9.17, 15) is 10.2 Å². The lowest BCUT2D eigenvalue weighted by Gasteiger charge is -2.39. The van der Waals surface area contributed by atoms with Crippen molar-refractivity contribution in [3.05, 3.63) is 63.6 Å². The smallest absolute Gasteiger partial charge is 0.118 e. The van der Waals surface area contributed by atoms with Crippen LogP contribution in [0.5, 0.6) is 5.75 Å². The molecule has 1 aliphatic heterocycles. The Morgan fingerprint density at radius 2 is 1.73 bits per heavy atom. The molecule has 0 aliphatic carbocycles. The Hall–Kier alpha value is -1.30. The zero-order chi connectivity index (χ0) is 18.7. The van der Waals surface area contributed by atoms with Crippen molar-refractivity contribution in [2.45, 2.75) is 24.5 Å². The highest BCUT2D eigenvalue weighted by Crippen LogP contribution is 2.34. The minimum absolute atomic E-state index is 0.441. The Kier molecular flexibility index (Phi) is 6.10. The van der Waals surface area contributed by atoms with Crippen LogP contribution in [0, 0.1) is 0 Å². The Balaban J connectivity index is 1.59. The van der Waals surface area contributed by atoms with E-state index in [4.69, 9.17) is 27.9 Å². The van der Waals surface area contributed by atoms with Crippen LogP contribution in [0.2, 0.25) is 10.0 Å². The van der Waals surface area contributed by atoms with Gasteiger partial charge in [-0.1, -0.05) is 41.4 Å². The summed E-state index contributed by atoms with van der Waals surface area (Å²) in [4.78, 5) is 2.16. The van der Waals surface area contributed by atoms with Crippen molar-refractivity contribution >= 4 is 23.2 Å². The van der Waals surface area contributed by atoms with Crippen LogP contribution in [0.4, 0.5) is 0 Å². The van der Waals surface area contributed by atoms with Gasteiger partial charge in [-0.3, -0.25) is 0 Å². The highest BCUT2D eigenvalue weighted by Gasteiger charge is 2.34. The third-order valence-electron chi connectivity index (χ3n) is 5.07. The van der Waals surface area contributed by atoms with Crippen molar-refractivity contribution in [2.24, 2.45) is 0 Å². The second kappa shape index (κ2) is 8.15. The fourth-order valence-electron chi connectivity index (χ4n) is 3.37. The molecule has 0 spiro atoms. The molecular weight excluding hydrogens is 373 g/mol. The highest BCUT2D eigenvalue weighted by molar-refractivity contribution is 6.42. The fourth-order valence-corrected chi connectivity index (χ4v) is 3.67.